The fourth-order valence-electron chi connectivity index (χ4n) is 5.01. The first-order valence-corrected chi connectivity index (χ1v) is 12.7. The molecule has 2 atom stereocenters. The van der Waals surface area contributed by atoms with E-state index in [9.17, 15) is 4.79 Å². The van der Waals surface area contributed by atoms with Crippen LogP contribution in [0.3, 0.4) is 0 Å². The number of carbonyl (C=O) groups excluding carboxylic acids is 1. The van der Waals surface area contributed by atoms with Crippen molar-refractivity contribution in [2.75, 3.05) is 84.6 Å². The number of benzene rings is 1. The highest BCUT2D eigenvalue weighted by molar-refractivity contribution is 5.68. The highest BCUT2D eigenvalue weighted by Crippen LogP contribution is 2.19. The van der Waals surface area contributed by atoms with Crippen LogP contribution < -0.4 is 4.90 Å². The van der Waals surface area contributed by atoms with E-state index in [1.807, 2.05) is 4.90 Å². The van der Waals surface area contributed by atoms with Gasteiger partial charge in [-0.2, -0.15) is 0 Å². The van der Waals surface area contributed by atoms with Crippen LogP contribution in [0.5, 0.6) is 0 Å². The number of amides is 1. The lowest BCUT2D eigenvalue weighted by Crippen LogP contribution is -2.49. The van der Waals surface area contributed by atoms with Crippen LogP contribution in [0.25, 0.3) is 0 Å². The van der Waals surface area contributed by atoms with Crippen molar-refractivity contribution in [3.05, 3.63) is 29.8 Å². The molecule has 0 unspecified atom stereocenters. The van der Waals surface area contributed by atoms with Crippen molar-refractivity contribution in [1.29, 1.82) is 0 Å². The fraction of sp³-hybridized carbons (Fsp3) is 0.731. The molecule has 1 aromatic carbocycles. The minimum Gasteiger partial charge on any atom is -0.449 e. The molecular weight excluding hydrogens is 416 g/mol. The first-order chi connectivity index (χ1) is 15.9. The number of aliphatic hydroxyl groups is 1. The van der Waals surface area contributed by atoms with Gasteiger partial charge in [-0.25, -0.2) is 4.79 Å². The van der Waals surface area contributed by atoms with Gasteiger partial charge in [-0.05, 0) is 77.8 Å². The number of hydrogen-bond donors (Lipinski definition) is 1. The number of nitrogens with zero attached hydrogens (tertiary/aromatic N) is 4. The molecule has 3 aliphatic heterocycles. The fourth-order valence-corrected chi connectivity index (χ4v) is 5.01. The zero-order chi connectivity index (χ0) is 23.6. The molecule has 186 valence electrons. The van der Waals surface area contributed by atoms with Gasteiger partial charge in [-0.15, -0.1) is 0 Å². The van der Waals surface area contributed by atoms with Crippen LogP contribution in [-0.4, -0.2) is 106 Å². The topological polar surface area (TPSA) is 59.5 Å². The van der Waals surface area contributed by atoms with Gasteiger partial charge in [0.15, 0.2) is 0 Å². The van der Waals surface area contributed by atoms with E-state index in [-0.39, 0.29) is 6.09 Å². The molecule has 4 rings (SSSR count). The van der Waals surface area contributed by atoms with Gasteiger partial charge in [-0.3, -0.25) is 0 Å². The number of likely N-dealkylation sites (tertiary alicyclic amines) is 2. The normalized spacial score (nSPS) is 24.7. The number of rotatable bonds is 4. The van der Waals surface area contributed by atoms with Crippen molar-refractivity contribution in [2.24, 2.45) is 11.8 Å². The molecule has 7 heteroatoms. The maximum atomic E-state index is 12.3. The molecule has 0 spiro atoms. The van der Waals surface area contributed by atoms with Gasteiger partial charge in [-0.1, -0.05) is 17.7 Å². The largest absolute Gasteiger partial charge is 0.449 e. The first kappa shape index (κ1) is 25.8. The SMILES string of the molecule is CN1CCC[C@H](CO)C1.Cc1ccc(N2CCN(C(=O)OC[C@H]3CCCN(C)C3)CC2)cc1. The summed E-state index contributed by atoms with van der Waals surface area (Å²) >= 11 is 0. The van der Waals surface area contributed by atoms with E-state index < -0.39 is 0 Å². The number of hydrogen-bond acceptors (Lipinski definition) is 6. The second kappa shape index (κ2) is 13.2. The number of ether oxygens (including phenoxy) is 1. The van der Waals surface area contributed by atoms with Crippen LogP contribution >= 0.6 is 0 Å². The van der Waals surface area contributed by atoms with Crippen molar-refractivity contribution >= 4 is 11.8 Å². The molecule has 0 aliphatic carbocycles. The lowest BCUT2D eigenvalue weighted by Gasteiger charge is -2.36. The molecule has 3 saturated heterocycles. The molecule has 0 aromatic heterocycles. The van der Waals surface area contributed by atoms with Gasteiger partial charge >= 0.3 is 6.09 Å². The van der Waals surface area contributed by atoms with E-state index in [1.54, 1.807) is 0 Å². The molecule has 3 heterocycles. The van der Waals surface area contributed by atoms with Gasteiger partial charge in [0.1, 0.15) is 0 Å². The Hall–Kier alpha value is -1.83. The van der Waals surface area contributed by atoms with Crippen LogP contribution in [-0.2, 0) is 4.74 Å². The molecule has 3 aliphatic rings. The Morgan fingerprint density at radius 3 is 2.03 bits per heavy atom. The average molecular weight is 461 g/mol. The summed E-state index contributed by atoms with van der Waals surface area (Å²) in [6, 6.07) is 8.58. The van der Waals surface area contributed by atoms with Gasteiger partial charge in [0.25, 0.3) is 0 Å². The monoisotopic (exact) mass is 460 g/mol. The maximum Gasteiger partial charge on any atom is 0.409 e. The summed E-state index contributed by atoms with van der Waals surface area (Å²) in [6.07, 6.45) is 4.68. The minimum atomic E-state index is -0.146. The summed E-state index contributed by atoms with van der Waals surface area (Å²) in [5.74, 6) is 1.03. The zero-order valence-electron chi connectivity index (χ0n) is 20.9. The van der Waals surface area contributed by atoms with Crippen LogP contribution in [0, 0.1) is 18.8 Å². The van der Waals surface area contributed by atoms with E-state index in [0.717, 1.165) is 45.8 Å². The predicted octanol–water partition coefficient (Wildman–Crippen LogP) is 2.92. The third-order valence-electron chi connectivity index (χ3n) is 7.08. The number of piperidine rings is 2. The second-order valence-corrected chi connectivity index (χ2v) is 10.1. The Morgan fingerprint density at radius 2 is 1.48 bits per heavy atom. The van der Waals surface area contributed by atoms with E-state index in [4.69, 9.17) is 9.84 Å². The number of aryl methyl sites for hydroxylation is 1. The summed E-state index contributed by atoms with van der Waals surface area (Å²) in [6.45, 7) is 10.7. The van der Waals surface area contributed by atoms with E-state index >= 15 is 0 Å². The molecular formula is C26H44N4O3. The number of anilines is 1. The van der Waals surface area contributed by atoms with Crippen molar-refractivity contribution < 1.29 is 14.6 Å². The van der Waals surface area contributed by atoms with E-state index in [0.29, 0.717) is 25.0 Å². The molecule has 1 N–H and O–H groups in total. The first-order valence-electron chi connectivity index (χ1n) is 12.7. The molecule has 1 amide bonds. The third kappa shape index (κ3) is 8.47. The second-order valence-electron chi connectivity index (χ2n) is 10.1. The Labute approximate surface area is 200 Å². The Kier molecular flexibility index (Phi) is 10.3. The smallest absolute Gasteiger partial charge is 0.409 e. The Balaban J connectivity index is 0.000000286. The van der Waals surface area contributed by atoms with Gasteiger partial charge in [0.2, 0.25) is 0 Å². The summed E-state index contributed by atoms with van der Waals surface area (Å²) in [5, 5.41) is 8.78. The van der Waals surface area contributed by atoms with E-state index in [2.05, 4.69) is 60.0 Å². The summed E-state index contributed by atoms with van der Waals surface area (Å²) < 4.78 is 5.57. The van der Waals surface area contributed by atoms with E-state index in [1.165, 1.54) is 43.5 Å². The molecule has 0 radical (unpaired) electrons. The van der Waals surface area contributed by atoms with Gasteiger partial charge < -0.3 is 29.4 Å². The molecule has 3 fully saturated rings. The quantitative estimate of drug-likeness (QED) is 0.746. The van der Waals surface area contributed by atoms with Crippen LogP contribution in [0.2, 0.25) is 0 Å². The third-order valence-corrected chi connectivity index (χ3v) is 7.08. The lowest BCUT2D eigenvalue weighted by molar-refractivity contribution is 0.0686. The van der Waals surface area contributed by atoms with Gasteiger partial charge in [0.05, 0.1) is 6.61 Å². The summed E-state index contributed by atoms with van der Waals surface area (Å²) in [4.78, 5) is 21.1. The van der Waals surface area contributed by atoms with Crippen molar-refractivity contribution in [3.8, 4) is 0 Å². The summed E-state index contributed by atoms with van der Waals surface area (Å²) in [7, 11) is 4.25. The number of aliphatic hydroxyl groups excluding tert-OH is 1. The molecule has 0 bridgehead atoms. The standard InChI is InChI=1S/C19H29N3O2.C7H15NO/c1-16-5-7-18(8-6-16)21-10-12-22(13-11-21)19(23)24-15-17-4-3-9-20(2)14-17;1-8-4-2-3-7(5-8)6-9/h5-8,17H,3-4,9-15H2,1-2H3;7,9H,2-6H2,1H3/t17-;7-/m00/s1. The highest BCUT2D eigenvalue weighted by atomic mass is 16.6. The molecule has 1 aromatic rings. The minimum absolute atomic E-state index is 0.146. The van der Waals surface area contributed by atoms with Crippen molar-refractivity contribution in [2.45, 2.75) is 32.6 Å². The average Bonchev–Trinajstić information content (AvgIpc) is 2.83. The van der Waals surface area contributed by atoms with Crippen LogP contribution in [0.15, 0.2) is 24.3 Å². The Morgan fingerprint density at radius 1 is 0.909 bits per heavy atom. The molecule has 0 saturated carbocycles. The maximum absolute atomic E-state index is 12.3. The summed E-state index contributed by atoms with van der Waals surface area (Å²) in [5.41, 5.74) is 2.51. The lowest BCUT2D eigenvalue weighted by atomic mass is 10.00. The molecule has 33 heavy (non-hydrogen) atoms. The van der Waals surface area contributed by atoms with Crippen LogP contribution in [0.4, 0.5) is 10.5 Å². The van der Waals surface area contributed by atoms with Crippen molar-refractivity contribution in [1.82, 2.24) is 14.7 Å². The van der Waals surface area contributed by atoms with Crippen LogP contribution in [0.1, 0.15) is 31.2 Å². The predicted molar refractivity (Wildman–Crippen MR) is 134 cm³/mol. The number of carbonyl (C=O) groups is 1. The highest BCUT2D eigenvalue weighted by Gasteiger charge is 2.24. The van der Waals surface area contributed by atoms with Gasteiger partial charge in [0, 0.05) is 57.5 Å². The number of piperazine rings is 1. The zero-order valence-corrected chi connectivity index (χ0v) is 20.9. The molecule has 7 nitrogen and oxygen atoms in total. The Bertz CT molecular complexity index is 706. The van der Waals surface area contributed by atoms with Crippen molar-refractivity contribution in [3.63, 3.8) is 0 Å².